The van der Waals surface area contributed by atoms with Crippen molar-refractivity contribution in [1.82, 2.24) is 4.98 Å². The molecule has 0 spiro atoms. The molecule has 0 aliphatic rings. The number of unbranched alkanes of at least 4 members (excludes halogenated alkanes) is 11. The third kappa shape index (κ3) is 10.4. The second-order valence-electron chi connectivity index (χ2n) is 8.67. The first-order valence-corrected chi connectivity index (χ1v) is 12.3. The standard InChI is InChI=1S/C25H48N2/c1-5-8-10-12-14-16-18-20-24(7-3)25-26-21-22-27(25)23(4)19-17-15-13-11-9-6-2/h21-24H,5-20H2,1-4H3/p+1. The number of imidazole rings is 1. The summed E-state index contributed by atoms with van der Waals surface area (Å²) in [5.41, 5.74) is 0. The number of H-pyrrole nitrogens is 1. The maximum Gasteiger partial charge on any atom is 0.257 e. The second-order valence-corrected chi connectivity index (χ2v) is 8.67. The van der Waals surface area contributed by atoms with Crippen molar-refractivity contribution in [1.29, 1.82) is 0 Å². The van der Waals surface area contributed by atoms with Gasteiger partial charge in [-0.25, -0.2) is 9.55 Å². The maximum absolute atomic E-state index is 3.59. The van der Waals surface area contributed by atoms with Crippen LogP contribution in [0.3, 0.4) is 0 Å². The molecule has 27 heavy (non-hydrogen) atoms. The highest BCUT2D eigenvalue weighted by atomic mass is 15.1. The van der Waals surface area contributed by atoms with E-state index >= 15 is 0 Å². The van der Waals surface area contributed by atoms with E-state index in [0.717, 1.165) is 0 Å². The molecule has 2 unspecified atom stereocenters. The van der Waals surface area contributed by atoms with E-state index in [-0.39, 0.29) is 0 Å². The lowest BCUT2D eigenvalue weighted by molar-refractivity contribution is -0.727. The van der Waals surface area contributed by atoms with Crippen LogP contribution >= 0.6 is 0 Å². The summed E-state index contributed by atoms with van der Waals surface area (Å²) in [6.07, 6.45) is 26.6. The summed E-state index contributed by atoms with van der Waals surface area (Å²) in [6, 6.07) is 0.625. The Morgan fingerprint density at radius 1 is 0.741 bits per heavy atom. The topological polar surface area (TPSA) is 19.7 Å². The highest BCUT2D eigenvalue weighted by molar-refractivity contribution is 4.89. The fraction of sp³-hybridized carbons (Fsp3) is 0.880. The largest absolute Gasteiger partial charge is 0.257 e. The lowest BCUT2D eigenvalue weighted by Gasteiger charge is -2.16. The Morgan fingerprint density at radius 2 is 1.26 bits per heavy atom. The van der Waals surface area contributed by atoms with Gasteiger partial charge in [0, 0.05) is 0 Å². The lowest BCUT2D eigenvalue weighted by Crippen LogP contribution is -2.41. The third-order valence-corrected chi connectivity index (χ3v) is 6.23. The average Bonchev–Trinajstić information content (AvgIpc) is 3.16. The Hall–Kier alpha value is -0.790. The molecule has 1 aromatic rings. The Morgan fingerprint density at radius 3 is 1.81 bits per heavy atom. The molecule has 1 N–H and O–H groups in total. The molecule has 0 radical (unpaired) electrons. The predicted molar refractivity (Wildman–Crippen MR) is 119 cm³/mol. The minimum Gasteiger partial charge on any atom is -0.247 e. The minimum atomic E-state index is 0.625. The normalized spacial score (nSPS) is 13.8. The van der Waals surface area contributed by atoms with Crippen molar-refractivity contribution in [3.63, 3.8) is 0 Å². The third-order valence-electron chi connectivity index (χ3n) is 6.23. The molecule has 1 aromatic heterocycles. The molecule has 2 heteroatoms. The summed E-state index contributed by atoms with van der Waals surface area (Å²) in [5.74, 6) is 2.17. The van der Waals surface area contributed by atoms with Gasteiger partial charge < -0.3 is 0 Å². The summed E-state index contributed by atoms with van der Waals surface area (Å²) >= 11 is 0. The van der Waals surface area contributed by atoms with Crippen molar-refractivity contribution in [2.45, 2.75) is 142 Å². The number of hydrogen-bond donors (Lipinski definition) is 1. The van der Waals surface area contributed by atoms with Crippen LogP contribution in [0, 0.1) is 0 Å². The van der Waals surface area contributed by atoms with Crippen LogP contribution < -0.4 is 4.57 Å². The fourth-order valence-corrected chi connectivity index (χ4v) is 4.31. The summed E-state index contributed by atoms with van der Waals surface area (Å²) in [5, 5.41) is 0. The Balaban J connectivity index is 2.34. The van der Waals surface area contributed by atoms with E-state index in [4.69, 9.17) is 0 Å². The average molecular weight is 378 g/mol. The summed E-state index contributed by atoms with van der Waals surface area (Å²) in [4.78, 5) is 3.59. The Labute approximate surface area is 170 Å². The van der Waals surface area contributed by atoms with Crippen LogP contribution in [0.5, 0.6) is 0 Å². The van der Waals surface area contributed by atoms with Crippen LogP contribution in [-0.2, 0) is 0 Å². The zero-order chi connectivity index (χ0) is 19.7. The molecular formula is C25H49N2+. The lowest BCUT2D eigenvalue weighted by atomic mass is 9.96. The molecule has 1 heterocycles. The van der Waals surface area contributed by atoms with Crippen LogP contribution in [0.25, 0.3) is 0 Å². The smallest absolute Gasteiger partial charge is 0.247 e. The van der Waals surface area contributed by atoms with E-state index in [1.165, 1.54) is 109 Å². The molecular weight excluding hydrogens is 328 g/mol. The second kappa shape index (κ2) is 16.2. The van der Waals surface area contributed by atoms with Gasteiger partial charge in [-0.05, 0) is 32.6 Å². The summed E-state index contributed by atoms with van der Waals surface area (Å²) in [7, 11) is 0. The summed E-state index contributed by atoms with van der Waals surface area (Å²) < 4.78 is 2.54. The highest BCUT2D eigenvalue weighted by Crippen LogP contribution is 2.24. The van der Waals surface area contributed by atoms with Crippen molar-refractivity contribution in [3.05, 3.63) is 18.2 Å². The summed E-state index contributed by atoms with van der Waals surface area (Å²) in [6.45, 7) is 9.35. The van der Waals surface area contributed by atoms with E-state index in [1.54, 1.807) is 0 Å². The number of nitrogens with one attached hydrogen (secondary N) is 1. The Bertz CT molecular complexity index is 437. The van der Waals surface area contributed by atoms with E-state index in [1.807, 2.05) is 0 Å². The van der Waals surface area contributed by atoms with Gasteiger partial charge in [0.2, 0.25) is 0 Å². The van der Waals surface area contributed by atoms with Gasteiger partial charge in [-0.15, -0.1) is 0 Å². The van der Waals surface area contributed by atoms with E-state index in [0.29, 0.717) is 12.0 Å². The monoisotopic (exact) mass is 377 g/mol. The van der Waals surface area contributed by atoms with E-state index in [2.05, 4.69) is 49.6 Å². The quantitative estimate of drug-likeness (QED) is 0.196. The molecule has 2 atom stereocenters. The molecule has 0 saturated carbocycles. The van der Waals surface area contributed by atoms with E-state index < -0.39 is 0 Å². The van der Waals surface area contributed by atoms with Crippen molar-refractivity contribution < 1.29 is 4.57 Å². The Kier molecular flexibility index (Phi) is 14.5. The first kappa shape index (κ1) is 24.2. The number of rotatable bonds is 18. The van der Waals surface area contributed by atoms with Crippen molar-refractivity contribution in [2.24, 2.45) is 0 Å². The zero-order valence-electron chi connectivity index (χ0n) is 19.1. The minimum absolute atomic E-state index is 0.625. The first-order valence-electron chi connectivity index (χ1n) is 12.3. The van der Waals surface area contributed by atoms with Crippen LogP contribution in [-0.4, -0.2) is 4.98 Å². The molecule has 0 amide bonds. The fourth-order valence-electron chi connectivity index (χ4n) is 4.31. The molecule has 0 aliphatic heterocycles. The van der Waals surface area contributed by atoms with Gasteiger partial charge in [-0.1, -0.05) is 97.8 Å². The van der Waals surface area contributed by atoms with Gasteiger partial charge in [-0.2, -0.15) is 0 Å². The SMILES string of the molecule is CCCCCCCCCC(CC)c1[nH]cc[n+]1C(C)CCCCCCCC. The molecule has 1 rings (SSSR count). The molecule has 0 saturated heterocycles. The molecule has 0 aliphatic carbocycles. The predicted octanol–water partition coefficient (Wildman–Crippen LogP) is 8.25. The maximum atomic E-state index is 3.59. The number of aromatic amines is 1. The van der Waals surface area contributed by atoms with Gasteiger partial charge in [0.05, 0.1) is 12.0 Å². The van der Waals surface area contributed by atoms with Gasteiger partial charge in [0.25, 0.3) is 5.82 Å². The zero-order valence-corrected chi connectivity index (χ0v) is 19.1. The molecule has 2 nitrogen and oxygen atoms in total. The van der Waals surface area contributed by atoms with Crippen molar-refractivity contribution in [2.75, 3.05) is 0 Å². The van der Waals surface area contributed by atoms with Gasteiger partial charge in [-0.3, -0.25) is 0 Å². The number of hydrogen-bond acceptors (Lipinski definition) is 0. The van der Waals surface area contributed by atoms with Crippen LogP contribution in [0.15, 0.2) is 12.4 Å². The van der Waals surface area contributed by atoms with Gasteiger partial charge in [0.15, 0.2) is 0 Å². The molecule has 0 bridgehead atoms. The van der Waals surface area contributed by atoms with Gasteiger partial charge in [0.1, 0.15) is 12.4 Å². The van der Waals surface area contributed by atoms with Crippen molar-refractivity contribution in [3.8, 4) is 0 Å². The number of aromatic nitrogens is 2. The molecule has 0 fully saturated rings. The molecule has 0 aromatic carbocycles. The van der Waals surface area contributed by atoms with Gasteiger partial charge >= 0.3 is 0 Å². The van der Waals surface area contributed by atoms with Crippen LogP contribution in [0.2, 0.25) is 0 Å². The van der Waals surface area contributed by atoms with Crippen molar-refractivity contribution >= 4 is 0 Å². The van der Waals surface area contributed by atoms with E-state index in [9.17, 15) is 0 Å². The highest BCUT2D eigenvalue weighted by Gasteiger charge is 2.24. The molecule has 158 valence electrons. The van der Waals surface area contributed by atoms with Crippen LogP contribution in [0.1, 0.15) is 148 Å². The van der Waals surface area contributed by atoms with Crippen LogP contribution in [0.4, 0.5) is 0 Å². The first-order chi connectivity index (χ1) is 13.2. The number of nitrogens with zero attached hydrogens (tertiary/aromatic N) is 1.